The van der Waals surface area contributed by atoms with Gasteiger partial charge in [0.25, 0.3) is 0 Å². The largest absolute Gasteiger partial charge is 0.416 e. The van der Waals surface area contributed by atoms with Gasteiger partial charge in [-0.05, 0) is 30.3 Å². The van der Waals surface area contributed by atoms with E-state index < -0.39 is 23.6 Å². The minimum atomic E-state index is -4.54. The number of benzene rings is 2. The monoisotopic (exact) mass is 342 g/mol. The lowest BCUT2D eigenvalue weighted by molar-refractivity contribution is -0.137. The molecule has 0 saturated heterocycles. The summed E-state index contributed by atoms with van der Waals surface area (Å²) in [5.41, 5.74) is -0.848. The highest BCUT2D eigenvalue weighted by Gasteiger charge is 2.30. The van der Waals surface area contributed by atoms with Crippen LogP contribution in [0.25, 0.3) is 0 Å². The van der Waals surface area contributed by atoms with E-state index in [0.29, 0.717) is 0 Å². The number of anilines is 2. The third-order valence-electron chi connectivity index (χ3n) is 2.78. The lowest BCUT2D eigenvalue weighted by Crippen LogP contribution is -2.29. The summed E-state index contributed by atoms with van der Waals surface area (Å²) in [6.45, 7) is 0. The number of carbonyl (C=O) groups excluding carboxylic acids is 2. The Morgan fingerprint density at radius 3 is 2.22 bits per heavy atom. The third-order valence-corrected chi connectivity index (χ3v) is 3.11. The van der Waals surface area contributed by atoms with Gasteiger partial charge < -0.3 is 10.6 Å². The summed E-state index contributed by atoms with van der Waals surface area (Å²) in [4.78, 5) is 23.5. The van der Waals surface area contributed by atoms with Crippen LogP contribution in [0.4, 0.5) is 24.5 Å². The maximum absolute atomic E-state index is 12.6. The van der Waals surface area contributed by atoms with Crippen molar-refractivity contribution in [1.29, 1.82) is 0 Å². The van der Waals surface area contributed by atoms with Gasteiger partial charge in [-0.1, -0.05) is 29.8 Å². The fourth-order valence-corrected chi connectivity index (χ4v) is 1.89. The predicted molar refractivity (Wildman–Crippen MR) is 80.2 cm³/mol. The SMILES string of the molecule is O=C(Nc1cccc(C(F)(F)F)c1)C(=O)Nc1ccccc1Cl. The first-order chi connectivity index (χ1) is 10.8. The second-order valence-electron chi connectivity index (χ2n) is 4.47. The Bertz CT molecular complexity index is 747. The summed E-state index contributed by atoms with van der Waals surface area (Å²) in [5, 5.41) is 4.60. The summed E-state index contributed by atoms with van der Waals surface area (Å²) in [7, 11) is 0. The Morgan fingerprint density at radius 2 is 1.57 bits per heavy atom. The van der Waals surface area contributed by atoms with Crippen molar-refractivity contribution < 1.29 is 22.8 Å². The highest BCUT2D eigenvalue weighted by Crippen LogP contribution is 2.30. The maximum atomic E-state index is 12.6. The van der Waals surface area contributed by atoms with Gasteiger partial charge in [-0.15, -0.1) is 0 Å². The molecule has 2 aromatic carbocycles. The zero-order valence-corrected chi connectivity index (χ0v) is 12.2. The predicted octanol–water partition coefficient (Wildman–Crippen LogP) is 3.94. The molecule has 0 heterocycles. The normalized spacial score (nSPS) is 11.0. The fraction of sp³-hybridized carbons (Fsp3) is 0.0667. The van der Waals surface area contributed by atoms with Crippen molar-refractivity contribution in [2.75, 3.05) is 10.6 Å². The maximum Gasteiger partial charge on any atom is 0.416 e. The van der Waals surface area contributed by atoms with Crippen LogP contribution in [0.2, 0.25) is 5.02 Å². The Hall–Kier alpha value is -2.54. The van der Waals surface area contributed by atoms with E-state index in [-0.39, 0.29) is 16.4 Å². The molecular formula is C15H10ClF3N2O2. The molecule has 0 unspecified atom stereocenters. The molecule has 0 aromatic heterocycles. The van der Waals surface area contributed by atoms with Crippen molar-refractivity contribution in [3.63, 3.8) is 0 Å². The molecule has 0 aliphatic heterocycles. The number of alkyl halides is 3. The van der Waals surface area contributed by atoms with Crippen molar-refractivity contribution in [2.45, 2.75) is 6.18 Å². The smallest absolute Gasteiger partial charge is 0.318 e. The van der Waals surface area contributed by atoms with Gasteiger partial charge in [-0.25, -0.2) is 0 Å². The van der Waals surface area contributed by atoms with Gasteiger partial charge in [0.2, 0.25) is 0 Å². The molecule has 0 bridgehead atoms. The number of hydrogen-bond acceptors (Lipinski definition) is 2. The Morgan fingerprint density at radius 1 is 0.913 bits per heavy atom. The average molecular weight is 343 g/mol. The van der Waals surface area contributed by atoms with Crippen molar-refractivity contribution in [3.05, 3.63) is 59.1 Å². The lowest BCUT2D eigenvalue weighted by Gasteiger charge is -2.10. The van der Waals surface area contributed by atoms with Gasteiger partial charge in [0, 0.05) is 5.69 Å². The average Bonchev–Trinajstić information content (AvgIpc) is 2.49. The Kier molecular flexibility index (Phi) is 4.90. The van der Waals surface area contributed by atoms with E-state index in [1.165, 1.54) is 18.2 Å². The van der Waals surface area contributed by atoms with Crippen LogP contribution in [0.1, 0.15) is 5.56 Å². The topological polar surface area (TPSA) is 58.2 Å². The van der Waals surface area contributed by atoms with Crippen LogP contribution in [-0.2, 0) is 15.8 Å². The molecule has 0 saturated carbocycles. The fourth-order valence-electron chi connectivity index (χ4n) is 1.70. The van der Waals surface area contributed by atoms with E-state index in [1.54, 1.807) is 12.1 Å². The summed E-state index contributed by atoms with van der Waals surface area (Å²) in [6.07, 6.45) is -4.54. The van der Waals surface area contributed by atoms with E-state index in [9.17, 15) is 22.8 Å². The minimum absolute atomic E-state index is 0.140. The summed E-state index contributed by atoms with van der Waals surface area (Å²) >= 11 is 5.83. The highest BCUT2D eigenvalue weighted by molar-refractivity contribution is 6.44. The first-order valence-corrected chi connectivity index (χ1v) is 6.69. The molecular weight excluding hydrogens is 333 g/mol. The van der Waals surface area contributed by atoms with Crippen LogP contribution < -0.4 is 10.6 Å². The van der Waals surface area contributed by atoms with Gasteiger partial charge in [-0.3, -0.25) is 9.59 Å². The minimum Gasteiger partial charge on any atom is -0.318 e. The molecule has 2 N–H and O–H groups in total. The third kappa shape index (κ3) is 4.46. The first-order valence-electron chi connectivity index (χ1n) is 6.31. The molecule has 0 atom stereocenters. The van der Waals surface area contributed by atoms with Crippen molar-refractivity contribution in [1.82, 2.24) is 0 Å². The van der Waals surface area contributed by atoms with E-state index in [2.05, 4.69) is 10.6 Å². The molecule has 120 valence electrons. The quantitative estimate of drug-likeness (QED) is 0.812. The van der Waals surface area contributed by atoms with Gasteiger partial charge >= 0.3 is 18.0 Å². The molecule has 0 radical (unpaired) electrons. The van der Waals surface area contributed by atoms with Crippen LogP contribution in [0.5, 0.6) is 0 Å². The van der Waals surface area contributed by atoms with E-state index in [4.69, 9.17) is 11.6 Å². The van der Waals surface area contributed by atoms with Crippen LogP contribution in [0, 0.1) is 0 Å². The van der Waals surface area contributed by atoms with Gasteiger partial charge in [0.1, 0.15) is 0 Å². The molecule has 0 aliphatic rings. The first kappa shape index (κ1) is 16.8. The molecule has 8 heteroatoms. The molecule has 2 amide bonds. The number of para-hydroxylation sites is 1. The zero-order valence-electron chi connectivity index (χ0n) is 11.4. The molecule has 0 fully saturated rings. The van der Waals surface area contributed by atoms with Crippen LogP contribution in [-0.4, -0.2) is 11.8 Å². The molecule has 0 spiro atoms. The van der Waals surface area contributed by atoms with Gasteiger partial charge in [0.15, 0.2) is 0 Å². The van der Waals surface area contributed by atoms with Crippen molar-refractivity contribution in [2.24, 2.45) is 0 Å². The molecule has 4 nitrogen and oxygen atoms in total. The second kappa shape index (κ2) is 6.70. The Balaban J connectivity index is 2.07. The summed E-state index contributed by atoms with van der Waals surface area (Å²) in [5.74, 6) is -2.15. The van der Waals surface area contributed by atoms with Crippen LogP contribution >= 0.6 is 11.6 Å². The highest BCUT2D eigenvalue weighted by atomic mass is 35.5. The van der Waals surface area contributed by atoms with Crippen LogP contribution in [0.3, 0.4) is 0 Å². The molecule has 2 aromatic rings. The summed E-state index contributed by atoms with van der Waals surface area (Å²) < 4.78 is 37.8. The Labute approximate surface area is 134 Å². The standard InChI is InChI=1S/C15H10ClF3N2O2/c16-11-6-1-2-7-12(11)21-14(23)13(22)20-10-5-3-4-9(8-10)15(17,18)19/h1-8H,(H,20,22)(H,21,23). The van der Waals surface area contributed by atoms with Gasteiger partial charge in [-0.2, -0.15) is 13.2 Å². The number of halogens is 4. The molecule has 2 rings (SSSR count). The van der Waals surface area contributed by atoms with Crippen molar-refractivity contribution >= 4 is 34.8 Å². The number of hydrogen-bond donors (Lipinski definition) is 2. The number of carbonyl (C=O) groups is 2. The number of rotatable bonds is 2. The lowest BCUT2D eigenvalue weighted by atomic mass is 10.2. The van der Waals surface area contributed by atoms with Gasteiger partial charge in [0.05, 0.1) is 16.3 Å². The number of nitrogens with one attached hydrogen (secondary N) is 2. The van der Waals surface area contributed by atoms with E-state index in [0.717, 1.165) is 18.2 Å². The molecule has 0 aliphatic carbocycles. The van der Waals surface area contributed by atoms with E-state index in [1.807, 2.05) is 0 Å². The van der Waals surface area contributed by atoms with E-state index >= 15 is 0 Å². The second-order valence-corrected chi connectivity index (χ2v) is 4.87. The summed E-state index contributed by atoms with van der Waals surface area (Å²) in [6, 6.07) is 10.2. The van der Waals surface area contributed by atoms with Crippen LogP contribution in [0.15, 0.2) is 48.5 Å². The molecule has 23 heavy (non-hydrogen) atoms. The van der Waals surface area contributed by atoms with Crippen molar-refractivity contribution in [3.8, 4) is 0 Å². The number of amides is 2. The zero-order chi connectivity index (χ0) is 17.0.